The second kappa shape index (κ2) is 7.43. The summed E-state index contributed by atoms with van der Waals surface area (Å²) in [6.07, 6.45) is 5.51. The van der Waals surface area contributed by atoms with E-state index in [0.717, 1.165) is 6.41 Å². The minimum atomic E-state index is -0.523. The average molecular weight is 347 g/mol. The van der Waals surface area contributed by atoms with Gasteiger partial charge in [-0.3, -0.25) is 14.6 Å². The van der Waals surface area contributed by atoms with Crippen molar-refractivity contribution >= 4 is 23.8 Å². The van der Waals surface area contributed by atoms with Gasteiger partial charge < -0.3 is 16.4 Å². The molecule has 7 heteroatoms. The van der Waals surface area contributed by atoms with Gasteiger partial charge in [0.1, 0.15) is 5.82 Å². The van der Waals surface area contributed by atoms with Gasteiger partial charge >= 0.3 is 0 Å². The Morgan fingerprint density at radius 3 is 2.58 bits per heavy atom. The number of rotatable bonds is 6. The number of benzene rings is 1. The van der Waals surface area contributed by atoms with Crippen LogP contribution in [0.3, 0.4) is 0 Å². The zero-order chi connectivity index (χ0) is 18.5. The zero-order valence-electron chi connectivity index (χ0n) is 13.9. The molecule has 0 saturated carbocycles. The zero-order valence-corrected chi connectivity index (χ0v) is 13.9. The summed E-state index contributed by atoms with van der Waals surface area (Å²) in [5, 5.41) is 0. The Morgan fingerprint density at radius 2 is 1.88 bits per heavy atom. The third kappa shape index (κ3) is 3.51. The lowest BCUT2D eigenvalue weighted by Crippen LogP contribution is -2.21. The van der Waals surface area contributed by atoms with Crippen LogP contribution in [-0.2, 0) is 11.3 Å². The summed E-state index contributed by atoms with van der Waals surface area (Å²) in [6, 6.07) is 12.3. The van der Waals surface area contributed by atoms with Crippen LogP contribution >= 0.6 is 0 Å². The number of carbonyl (C=O) groups is 2. The standard InChI is InChI=1S/C19H17N5O2/c20-18-14(11-24(12-25)15-5-7-22-8-6-15)9-13(10-23-18)16-3-1-2-4-17(16)19(21)26/h1-10,12H,11H2,(H2,20,23)(H2,21,26). The van der Waals surface area contributed by atoms with Crippen molar-refractivity contribution in [2.45, 2.75) is 6.54 Å². The highest BCUT2D eigenvalue weighted by Crippen LogP contribution is 2.26. The van der Waals surface area contributed by atoms with Gasteiger partial charge in [0.25, 0.3) is 0 Å². The minimum Gasteiger partial charge on any atom is -0.383 e. The number of nitrogen functional groups attached to an aromatic ring is 1. The van der Waals surface area contributed by atoms with E-state index >= 15 is 0 Å². The first-order chi connectivity index (χ1) is 12.6. The summed E-state index contributed by atoms with van der Waals surface area (Å²) in [4.78, 5) is 32.8. The molecule has 26 heavy (non-hydrogen) atoms. The monoisotopic (exact) mass is 347 g/mol. The molecule has 2 aromatic heterocycles. The van der Waals surface area contributed by atoms with E-state index in [1.165, 1.54) is 4.90 Å². The molecule has 0 atom stereocenters. The molecular weight excluding hydrogens is 330 g/mol. The first kappa shape index (κ1) is 17.1. The molecular formula is C19H17N5O2. The van der Waals surface area contributed by atoms with Crippen molar-refractivity contribution in [1.29, 1.82) is 0 Å². The predicted molar refractivity (Wildman–Crippen MR) is 99.1 cm³/mol. The fraction of sp³-hybridized carbons (Fsp3) is 0.0526. The topological polar surface area (TPSA) is 115 Å². The molecule has 0 bridgehead atoms. The van der Waals surface area contributed by atoms with Crippen LogP contribution in [0.5, 0.6) is 0 Å². The molecule has 4 N–H and O–H groups in total. The van der Waals surface area contributed by atoms with Crippen LogP contribution in [-0.4, -0.2) is 22.3 Å². The molecule has 3 aromatic rings. The largest absolute Gasteiger partial charge is 0.383 e. The van der Waals surface area contributed by atoms with Crippen molar-refractivity contribution in [1.82, 2.24) is 9.97 Å². The normalized spacial score (nSPS) is 10.3. The van der Waals surface area contributed by atoms with Crippen LogP contribution in [0.25, 0.3) is 11.1 Å². The van der Waals surface area contributed by atoms with E-state index in [-0.39, 0.29) is 6.54 Å². The number of carbonyl (C=O) groups excluding carboxylic acids is 2. The number of pyridine rings is 2. The molecule has 2 amide bonds. The Bertz CT molecular complexity index is 944. The number of nitrogens with two attached hydrogens (primary N) is 2. The lowest BCUT2D eigenvalue weighted by atomic mass is 9.99. The van der Waals surface area contributed by atoms with Crippen molar-refractivity contribution in [3.8, 4) is 11.1 Å². The van der Waals surface area contributed by atoms with Gasteiger partial charge in [-0.1, -0.05) is 18.2 Å². The minimum absolute atomic E-state index is 0.235. The van der Waals surface area contributed by atoms with Crippen molar-refractivity contribution in [2.24, 2.45) is 5.73 Å². The van der Waals surface area contributed by atoms with Crippen LogP contribution < -0.4 is 16.4 Å². The number of anilines is 2. The van der Waals surface area contributed by atoms with Crippen molar-refractivity contribution in [3.05, 3.63) is 72.2 Å². The molecule has 0 aliphatic rings. The highest BCUT2D eigenvalue weighted by atomic mass is 16.1. The second-order valence-electron chi connectivity index (χ2n) is 5.62. The molecule has 0 aliphatic heterocycles. The number of amides is 2. The fourth-order valence-corrected chi connectivity index (χ4v) is 2.65. The Balaban J connectivity index is 1.99. The quantitative estimate of drug-likeness (QED) is 0.662. The second-order valence-corrected chi connectivity index (χ2v) is 5.62. The smallest absolute Gasteiger partial charge is 0.249 e. The molecule has 7 nitrogen and oxygen atoms in total. The number of aromatic nitrogens is 2. The van der Waals surface area contributed by atoms with Gasteiger partial charge in [-0.05, 0) is 29.8 Å². The maximum absolute atomic E-state index is 11.7. The van der Waals surface area contributed by atoms with Crippen molar-refractivity contribution < 1.29 is 9.59 Å². The van der Waals surface area contributed by atoms with Crippen molar-refractivity contribution in [3.63, 3.8) is 0 Å². The van der Waals surface area contributed by atoms with Crippen LogP contribution in [0.1, 0.15) is 15.9 Å². The summed E-state index contributed by atoms with van der Waals surface area (Å²) in [7, 11) is 0. The van der Waals surface area contributed by atoms with Gasteiger partial charge in [0, 0.05) is 41.0 Å². The van der Waals surface area contributed by atoms with E-state index in [0.29, 0.717) is 33.8 Å². The Hall–Kier alpha value is -3.74. The molecule has 0 saturated heterocycles. The van der Waals surface area contributed by atoms with E-state index in [9.17, 15) is 9.59 Å². The lowest BCUT2D eigenvalue weighted by Gasteiger charge is -2.18. The summed E-state index contributed by atoms with van der Waals surface area (Å²) in [6.45, 7) is 0.235. The van der Waals surface area contributed by atoms with Crippen LogP contribution in [0.2, 0.25) is 0 Å². The molecule has 0 radical (unpaired) electrons. The SMILES string of the molecule is NC(=O)c1ccccc1-c1cnc(N)c(CN(C=O)c2ccncc2)c1. The maximum Gasteiger partial charge on any atom is 0.249 e. The molecule has 130 valence electrons. The van der Waals surface area contributed by atoms with Gasteiger partial charge in [-0.15, -0.1) is 0 Å². The van der Waals surface area contributed by atoms with E-state index in [2.05, 4.69) is 9.97 Å². The van der Waals surface area contributed by atoms with Gasteiger partial charge in [0.2, 0.25) is 12.3 Å². The molecule has 0 fully saturated rings. The first-order valence-electron chi connectivity index (χ1n) is 7.85. The summed E-state index contributed by atoms with van der Waals surface area (Å²) >= 11 is 0. The van der Waals surface area contributed by atoms with Crippen molar-refractivity contribution in [2.75, 3.05) is 10.6 Å². The lowest BCUT2D eigenvalue weighted by molar-refractivity contribution is -0.107. The van der Waals surface area contributed by atoms with Gasteiger partial charge in [0.05, 0.1) is 6.54 Å². The van der Waals surface area contributed by atoms with Gasteiger partial charge in [0.15, 0.2) is 0 Å². The van der Waals surface area contributed by atoms with E-state index in [1.807, 2.05) is 12.1 Å². The van der Waals surface area contributed by atoms with Crippen LogP contribution in [0.4, 0.5) is 11.5 Å². The Morgan fingerprint density at radius 1 is 1.15 bits per heavy atom. The van der Waals surface area contributed by atoms with Crippen LogP contribution in [0, 0.1) is 0 Å². The number of nitrogens with zero attached hydrogens (tertiary/aromatic N) is 3. The number of hydrogen-bond donors (Lipinski definition) is 2. The molecule has 0 spiro atoms. The molecule has 1 aromatic carbocycles. The Kier molecular flexibility index (Phi) is 4.89. The van der Waals surface area contributed by atoms with Gasteiger partial charge in [-0.2, -0.15) is 0 Å². The average Bonchev–Trinajstić information content (AvgIpc) is 2.68. The fourth-order valence-electron chi connectivity index (χ4n) is 2.65. The van der Waals surface area contributed by atoms with E-state index < -0.39 is 5.91 Å². The number of primary amides is 1. The number of hydrogen-bond acceptors (Lipinski definition) is 5. The van der Waals surface area contributed by atoms with Crippen LogP contribution in [0.15, 0.2) is 61.1 Å². The summed E-state index contributed by atoms with van der Waals surface area (Å²) in [5.74, 6) is -0.212. The van der Waals surface area contributed by atoms with E-state index in [1.54, 1.807) is 48.9 Å². The first-order valence-corrected chi connectivity index (χ1v) is 7.85. The van der Waals surface area contributed by atoms with E-state index in [4.69, 9.17) is 11.5 Å². The maximum atomic E-state index is 11.7. The summed E-state index contributed by atoms with van der Waals surface area (Å²) in [5.41, 5.74) is 14.5. The molecule has 2 heterocycles. The van der Waals surface area contributed by atoms with Gasteiger partial charge in [-0.25, -0.2) is 4.98 Å². The Labute approximate surface area is 150 Å². The highest BCUT2D eigenvalue weighted by Gasteiger charge is 2.14. The molecule has 0 unspecified atom stereocenters. The molecule has 3 rings (SSSR count). The molecule has 0 aliphatic carbocycles. The summed E-state index contributed by atoms with van der Waals surface area (Å²) < 4.78 is 0. The third-order valence-corrected chi connectivity index (χ3v) is 3.97. The predicted octanol–water partition coefficient (Wildman–Crippen LogP) is 1.99. The third-order valence-electron chi connectivity index (χ3n) is 3.97. The highest BCUT2D eigenvalue weighted by molar-refractivity contribution is 5.99.